The Morgan fingerprint density at radius 2 is 0.683 bits per heavy atom. The number of carbonyl (C=O) groups is 3. The van der Waals surface area contributed by atoms with Gasteiger partial charge < -0.3 is 29.7 Å². The van der Waals surface area contributed by atoms with Crippen LogP contribution in [0.15, 0.2) is 0 Å². The molecule has 6 nitrogen and oxygen atoms in total. The third-order valence-electron chi connectivity index (χ3n) is 6.65. The first-order valence-corrected chi connectivity index (χ1v) is 20.4. The van der Waals surface area contributed by atoms with Crippen LogP contribution in [0.4, 0.5) is 0 Å². The first-order chi connectivity index (χ1) is 19.7. The molecule has 3 unspecified atom stereocenters. The summed E-state index contributed by atoms with van der Waals surface area (Å²) in [6.07, 6.45) is 17.7. The summed E-state index contributed by atoms with van der Waals surface area (Å²) in [6.45, 7) is 6.43. The van der Waals surface area contributed by atoms with E-state index in [9.17, 15) is 29.7 Å². The molecule has 0 aromatic rings. The fraction of sp³-hybridized carbons (Fsp3) is 0.903. The number of unbranched alkanes of at least 4 members (excludes halogenated alkanes) is 9. The minimum atomic E-state index is -0.912. The zero-order chi connectivity index (χ0) is 32.3. The van der Waals surface area contributed by atoms with Gasteiger partial charge in [0.2, 0.25) is 0 Å². The molecule has 0 aromatic heterocycles. The summed E-state index contributed by atoms with van der Waals surface area (Å²) in [5.41, 5.74) is 0. The summed E-state index contributed by atoms with van der Waals surface area (Å²) in [7, 11) is 0. The number of hydrogen-bond donors (Lipinski definition) is 3. The standard InChI is InChI=1S/3C10H20O2S.CH3.Sn/c3*1-2-3-4-5-6-9(7-8-13)10(11)12;;/h3*9,13H,2-8H2,1H3,(H,11,12);1H3;/q;;;;+3/p-3. The van der Waals surface area contributed by atoms with Crippen LogP contribution in [-0.2, 0) is 14.4 Å². The zero-order valence-electron chi connectivity index (χ0n) is 26.4. The number of hydrogen-bond acceptors (Lipinski definition) is 9. The molecule has 0 fully saturated rings. The Kier molecular flexibility index (Phi) is 47.3. The summed E-state index contributed by atoms with van der Waals surface area (Å²) in [5, 5.41) is 31.8. The summed E-state index contributed by atoms with van der Waals surface area (Å²) >= 11 is 13.6. The number of carbonyl (C=O) groups excluding carboxylic acids is 3. The molecule has 242 valence electrons. The van der Waals surface area contributed by atoms with Crippen molar-refractivity contribution in [2.75, 3.05) is 17.3 Å². The van der Waals surface area contributed by atoms with Crippen molar-refractivity contribution in [1.29, 1.82) is 0 Å². The molecular weight excluding hydrogens is 683 g/mol. The first-order valence-electron chi connectivity index (χ1n) is 15.6. The van der Waals surface area contributed by atoms with Gasteiger partial charge in [0.25, 0.3) is 0 Å². The molecule has 0 saturated carbocycles. The monoisotopic (exact) mass is 744 g/mol. The number of rotatable bonds is 24. The Bertz CT molecular complexity index is 494. The van der Waals surface area contributed by atoms with Gasteiger partial charge in [0.1, 0.15) is 0 Å². The van der Waals surface area contributed by atoms with Crippen molar-refractivity contribution in [1.82, 2.24) is 0 Å². The topological polar surface area (TPSA) is 120 Å². The van der Waals surface area contributed by atoms with Crippen LogP contribution < -0.4 is 15.3 Å². The van der Waals surface area contributed by atoms with Crippen molar-refractivity contribution in [3.63, 3.8) is 0 Å². The first kappa shape index (κ1) is 48.2. The number of carboxylic acid groups (broad SMARTS) is 3. The van der Waals surface area contributed by atoms with Gasteiger partial charge >= 0.3 is 27.5 Å². The molecule has 0 aromatic carbocycles. The summed E-state index contributed by atoms with van der Waals surface area (Å²) < 4.78 is 0. The molecule has 0 saturated heterocycles. The molecule has 10 heteroatoms. The second-order valence-electron chi connectivity index (χ2n) is 10.1. The second-order valence-corrected chi connectivity index (χ2v) is 11.5. The molecule has 0 rings (SSSR count). The second kappa shape index (κ2) is 40.3. The van der Waals surface area contributed by atoms with Crippen molar-refractivity contribution in [3.8, 4) is 0 Å². The van der Waals surface area contributed by atoms with Gasteiger partial charge in [-0.3, -0.25) is 0 Å². The molecule has 0 spiro atoms. The van der Waals surface area contributed by atoms with Crippen molar-refractivity contribution >= 4 is 78.3 Å². The maximum absolute atomic E-state index is 10.6. The van der Waals surface area contributed by atoms with E-state index in [-0.39, 0.29) is 17.8 Å². The SMILES string of the molecule is CCCCCCC(CCS)C(=O)[O-].CCCCCCC(CCS)C(=O)[O-].CCCCCCC(CCS)C(=O)[O-].[CH3][Sn+3]. The fourth-order valence-electron chi connectivity index (χ4n) is 4.06. The predicted octanol–water partition coefficient (Wildman–Crippen LogP) is 5.13. The molecule has 41 heavy (non-hydrogen) atoms. The quantitative estimate of drug-likeness (QED) is 0.0717. The van der Waals surface area contributed by atoms with Crippen LogP contribution in [0, 0.1) is 17.8 Å². The zero-order valence-corrected chi connectivity index (χ0v) is 31.9. The van der Waals surface area contributed by atoms with Gasteiger partial charge in [0.05, 0.1) is 0 Å². The summed E-state index contributed by atoms with van der Waals surface area (Å²) in [5.74, 6) is -1.69. The Hall–Kier alpha value is 0.259. The minimum absolute atomic E-state index is 0.283. The molecular formula is C31H60O6S3Sn. The molecule has 0 aliphatic rings. The fourth-order valence-corrected chi connectivity index (χ4v) is 5.00. The van der Waals surface area contributed by atoms with E-state index in [1.54, 1.807) is 22.5 Å². The van der Waals surface area contributed by atoms with Gasteiger partial charge in [-0.25, -0.2) is 0 Å². The maximum atomic E-state index is 10.6. The Morgan fingerprint density at radius 1 is 0.463 bits per heavy atom. The average Bonchev–Trinajstić information content (AvgIpc) is 2.95. The van der Waals surface area contributed by atoms with Crippen LogP contribution >= 0.6 is 37.9 Å². The van der Waals surface area contributed by atoms with E-state index < -0.39 is 17.9 Å². The average molecular weight is 744 g/mol. The molecule has 0 N–H and O–H groups in total. The van der Waals surface area contributed by atoms with E-state index >= 15 is 0 Å². The van der Waals surface area contributed by atoms with Gasteiger partial charge in [-0.1, -0.05) is 97.8 Å². The molecule has 0 bridgehead atoms. The Labute approximate surface area is 282 Å². The van der Waals surface area contributed by atoms with Crippen LogP contribution in [-0.4, -0.2) is 57.7 Å². The molecule has 0 aliphatic carbocycles. The van der Waals surface area contributed by atoms with Crippen molar-refractivity contribution in [3.05, 3.63) is 0 Å². The third kappa shape index (κ3) is 38.2. The Balaban J connectivity index is -0.000000243. The summed E-state index contributed by atoms with van der Waals surface area (Å²) in [6, 6.07) is 0. The van der Waals surface area contributed by atoms with Crippen LogP contribution in [0.1, 0.15) is 136 Å². The molecule has 3 atom stereocenters. The van der Waals surface area contributed by atoms with E-state index in [2.05, 4.69) is 63.6 Å². The number of thiol groups is 3. The van der Waals surface area contributed by atoms with E-state index in [1.165, 1.54) is 38.5 Å². The van der Waals surface area contributed by atoms with Crippen molar-refractivity contribution < 1.29 is 29.7 Å². The van der Waals surface area contributed by atoms with E-state index in [0.717, 1.165) is 57.8 Å². The van der Waals surface area contributed by atoms with E-state index in [1.807, 2.05) is 0 Å². The normalized spacial score (nSPS) is 12.3. The molecule has 0 heterocycles. The third-order valence-corrected chi connectivity index (χ3v) is 7.43. The van der Waals surface area contributed by atoms with Gasteiger partial charge in [0.15, 0.2) is 0 Å². The van der Waals surface area contributed by atoms with Crippen LogP contribution in [0.2, 0.25) is 4.94 Å². The van der Waals surface area contributed by atoms with Crippen LogP contribution in [0.5, 0.6) is 0 Å². The molecule has 0 radical (unpaired) electrons. The summed E-state index contributed by atoms with van der Waals surface area (Å²) in [4.78, 5) is 33.9. The van der Waals surface area contributed by atoms with E-state index in [0.29, 0.717) is 36.5 Å². The number of aliphatic carboxylic acids is 3. The van der Waals surface area contributed by atoms with Gasteiger partial charge in [-0.2, -0.15) is 37.9 Å². The molecule has 0 amide bonds. The predicted molar refractivity (Wildman–Crippen MR) is 179 cm³/mol. The van der Waals surface area contributed by atoms with E-state index in [4.69, 9.17) is 0 Å². The van der Waals surface area contributed by atoms with Gasteiger partial charge in [-0.15, -0.1) is 0 Å². The van der Waals surface area contributed by atoms with Gasteiger partial charge in [-0.05, 0) is 73.5 Å². The van der Waals surface area contributed by atoms with Crippen molar-refractivity contribution in [2.24, 2.45) is 17.8 Å². The Morgan fingerprint density at radius 3 is 0.829 bits per heavy atom. The van der Waals surface area contributed by atoms with Crippen LogP contribution in [0.25, 0.3) is 0 Å². The van der Waals surface area contributed by atoms with Crippen molar-refractivity contribution in [2.45, 2.75) is 141 Å². The van der Waals surface area contributed by atoms with Gasteiger partial charge in [0, 0.05) is 17.9 Å². The number of carboxylic acids is 3. The van der Waals surface area contributed by atoms with Crippen LogP contribution in [0.3, 0.4) is 0 Å². The molecule has 0 aliphatic heterocycles.